The Morgan fingerprint density at radius 1 is 1.03 bits per heavy atom. The molecule has 1 atom stereocenters. The lowest BCUT2D eigenvalue weighted by molar-refractivity contribution is 0.0523. The summed E-state index contributed by atoms with van der Waals surface area (Å²) >= 11 is 0. The molecule has 6 nitrogen and oxygen atoms in total. The molecule has 0 aliphatic heterocycles. The summed E-state index contributed by atoms with van der Waals surface area (Å²) in [5, 5.41) is 5.76. The number of nitrogens with one attached hydrogen (secondary N) is 2. The Hall–Kier alpha value is -3.02. The summed E-state index contributed by atoms with van der Waals surface area (Å²) < 4.78 is 10.6. The van der Waals surface area contributed by atoms with Crippen LogP contribution in [0.2, 0.25) is 0 Å². The van der Waals surface area contributed by atoms with Crippen LogP contribution in [0.5, 0.6) is 5.75 Å². The molecule has 0 bridgehead atoms. The van der Waals surface area contributed by atoms with Crippen LogP contribution in [0.1, 0.15) is 61.6 Å². The maximum Gasteiger partial charge on any atom is 0.407 e. The maximum atomic E-state index is 12.7. The fourth-order valence-electron chi connectivity index (χ4n) is 2.86. The molecule has 0 spiro atoms. The van der Waals surface area contributed by atoms with Crippen LogP contribution in [0.3, 0.4) is 0 Å². The Morgan fingerprint density at radius 3 is 2.28 bits per heavy atom. The minimum Gasteiger partial charge on any atom is -0.496 e. The third-order valence-electron chi connectivity index (χ3n) is 4.28. The van der Waals surface area contributed by atoms with E-state index < -0.39 is 11.7 Å². The molecule has 2 rings (SSSR count). The number of hydrogen-bond donors (Lipinski definition) is 2. The van der Waals surface area contributed by atoms with E-state index in [1.54, 1.807) is 19.2 Å². The van der Waals surface area contributed by atoms with Crippen LogP contribution >= 0.6 is 0 Å². The number of para-hydroxylation sites is 1. The van der Waals surface area contributed by atoms with Gasteiger partial charge in [-0.05, 0) is 51.0 Å². The van der Waals surface area contributed by atoms with Crippen molar-refractivity contribution in [2.24, 2.45) is 0 Å². The summed E-state index contributed by atoms with van der Waals surface area (Å²) in [4.78, 5) is 24.4. The third kappa shape index (κ3) is 6.82. The van der Waals surface area contributed by atoms with Crippen LogP contribution in [0.15, 0.2) is 48.5 Å². The van der Waals surface area contributed by atoms with Gasteiger partial charge in [0.2, 0.25) is 0 Å². The van der Waals surface area contributed by atoms with Gasteiger partial charge in [-0.1, -0.05) is 37.3 Å². The molecule has 0 fully saturated rings. The molecule has 0 radical (unpaired) electrons. The molecule has 2 aromatic carbocycles. The number of benzene rings is 2. The minimum atomic E-state index is -0.538. The molecule has 2 aromatic rings. The number of ether oxygens (including phenoxy) is 2. The highest BCUT2D eigenvalue weighted by atomic mass is 16.6. The predicted molar refractivity (Wildman–Crippen MR) is 113 cm³/mol. The van der Waals surface area contributed by atoms with Gasteiger partial charge in [-0.3, -0.25) is 4.79 Å². The first-order valence-corrected chi connectivity index (χ1v) is 9.73. The van der Waals surface area contributed by atoms with E-state index in [1.807, 2.05) is 64.1 Å². The zero-order chi connectivity index (χ0) is 21.4. The van der Waals surface area contributed by atoms with Gasteiger partial charge in [0, 0.05) is 17.7 Å². The van der Waals surface area contributed by atoms with E-state index in [4.69, 9.17) is 9.47 Å². The number of alkyl carbamates (subject to hydrolysis) is 1. The molecule has 0 saturated carbocycles. The standard InChI is InChI=1S/C23H30N2O4/c1-6-19(18-9-7-8-10-20(18)28-5)25-21(26)17-13-11-16(12-14-17)15-24-22(27)29-23(2,3)4/h7-14,19H,6,15H2,1-5H3,(H,24,27)(H,25,26). The average Bonchev–Trinajstić information content (AvgIpc) is 2.69. The first-order chi connectivity index (χ1) is 13.7. The topological polar surface area (TPSA) is 76.7 Å². The molecule has 0 heterocycles. The van der Waals surface area contributed by atoms with Crippen molar-refractivity contribution in [3.63, 3.8) is 0 Å². The summed E-state index contributed by atoms with van der Waals surface area (Å²) in [6, 6.07) is 14.7. The molecular formula is C23H30N2O4. The van der Waals surface area contributed by atoms with Gasteiger partial charge in [0.05, 0.1) is 13.2 Å². The second kappa shape index (κ2) is 9.96. The van der Waals surface area contributed by atoms with Crippen molar-refractivity contribution in [1.29, 1.82) is 0 Å². The third-order valence-corrected chi connectivity index (χ3v) is 4.28. The van der Waals surface area contributed by atoms with Gasteiger partial charge in [-0.2, -0.15) is 0 Å². The molecule has 2 N–H and O–H groups in total. The summed E-state index contributed by atoms with van der Waals surface area (Å²) in [5.41, 5.74) is 1.84. The molecule has 0 aliphatic rings. The summed E-state index contributed by atoms with van der Waals surface area (Å²) in [5.74, 6) is 0.595. The normalized spacial score (nSPS) is 12.0. The summed E-state index contributed by atoms with van der Waals surface area (Å²) in [6.07, 6.45) is 0.270. The Balaban J connectivity index is 1.98. The fourth-order valence-corrected chi connectivity index (χ4v) is 2.86. The van der Waals surface area contributed by atoms with Crippen molar-refractivity contribution in [1.82, 2.24) is 10.6 Å². The smallest absolute Gasteiger partial charge is 0.407 e. The van der Waals surface area contributed by atoms with Crippen LogP contribution in [0.4, 0.5) is 4.79 Å². The van der Waals surface area contributed by atoms with Crippen LogP contribution in [-0.2, 0) is 11.3 Å². The molecule has 29 heavy (non-hydrogen) atoms. The number of amides is 2. The zero-order valence-corrected chi connectivity index (χ0v) is 17.7. The molecule has 0 saturated heterocycles. The largest absolute Gasteiger partial charge is 0.496 e. The lowest BCUT2D eigenvalue weighted by Crippen LogP contribution is -2.32. The van der Waals surface area contributed by atoms with Gasteiger partial charge in [0.15, 0.2) is 0 Å². The van der Waals surface area contributed by atoms with Crippen molar-refractivity contribution >= 4 is 12.0 Å². The van der Waals surface area contributed by atoms with Crippen molar-refractivity contribution in [3.8, 4) is 5.75 Å². The first-order valence-electron chi connectivity index (χ1n) is 9.73. The van der Waals surface area contributed by atoms with Crippen LogP contribution < -0.4 is 15.4 Å². The van der Waals surface area contributed by atoms with Crippen molar-refractivity contribution < 1.29 is 19.1 Å². The van der Waals surface area contributed by atoms with Gasteiger partial charge in [0.1, 0.15) is 11.4 Å². The zero-order valence-electron chi connectivity index (χ0n) is 17.7. The molecule has 1 unspecified atom stereocenters. The van der Waals surface area contributed by atoms with Crippen LogP contribution in [0.25, 0.3) is 0 Å². The second-order valence-electron chi connectivity index (χ2n) is 7.73. The van der Waals surface area contributed by atoms with Gasteiger partial charge in [0.25, 0.3) is 5.91 Å². The van der Waals surface area contributed by atoms with Crippen LogP contribution in [-0.4, -0.2) is 24.7 Å². The van der Waals surface area contributed by atoms with Crippen molar-refractivity contribution in [2.75, 3.05) is 7.11 Å². The number of rotatable bonds is 7. The Labute approximate surface area is 172 Å². The lowest BCUT2D eigenvalue weighted by Gasteiger charge is -2.20. The van der Waals surface area contributed by atoms with E-state index in [0.717, 1.165) is 23.3 Å². The molecular weight excluding hydrogens is 368 g/mol. The van der Waals surface area contributed by atoms with E-state index in [0.29, 0.717) is 12.1 Å². The number of carbonyl (C=O) groups is 2. The molecule has 0 aromatic heterocycles. The second-order valence-corrected chi connectivity index (χ2v) is 7.73. The van der Waals surface area contributed by atoms with E-state index in [-0.39, 0.29) is 11.9 Å². The van der Waals surface area contributed by atoms with Gasteiger partial charge in [-0.15, -0.1) is 0 Å². The Morgan fingerprint density at radius 2 is 1.69 bits per heavy atom. The van der Waals surface area contributed by atoms with Gasteiger partial charge in [-0.25, -0.2) is 4.79 Å². The number of methoxy groups -OCH3 is 1. The first kappa shape index (κ1) is 22.3. The van der Waals surface area contributed by atoms with E-state index >= 15 is 0 Å². The molecule has 156 valence electrons. The van der Waals surface area contributed by atoms with Crippen molar-refractivity contribution in [2.45, 2.75) is 52.3 Å². The Kier molecular flexibility index (Phi) is 7.65. The molecule has 2 amide bonds. The minimum absolute atomic E-state index is 0.146. The highest BCUT2D eigenvalue weighted by molar-refractivity contribution is 5.94. The highest BCUT2D eigenvalue weighted by Gasteiger charge is 2.18. The van der Waals surface area contributed by atoms with Gasteiger partial charge < -0.3 is 20.1 Å². The molecule has 0 aliphatic carbocycles. The highest BCUT2D eigenvalue weighted by Crippen LogP contribution is 2.27. The van der Waals surface area contributed by atoms with E-state index in [2.05, 4.69) is 10.6 Å². The van der Waals surface area contributed by atoms with Crippen LogP contribution in [0, 0.1) is 0 Å². The number of hydrogen-bond acceptors (Lipinski definition) is 4. The summed E-state index contributed by atoms with van der Waals surface area (Å²) in [7, 11) is 1.62. The van der Waals surface area contributed by atoms with E-state index in [1.165, 1.54) is 0 Å². The Bertz CT molecular complexity index is 826. The predicted octanol–water partition coefficient (Wildman–Crippen LogP) is 4.60. The fraction of sp³-hybridized carbons (Fsp3) is 0.391. The monoisotopic (exact) mass is 398 g/mol. The number of carbonyl (C=O) groups excluding carboxylic acids is 2. The quantitative estimate of drug-likeness (QED) is 0.715. The van der Waals surface area contributed by atoms with E-state index in [9.17, 15) is 9.59 Å². The van der Waals surface area contributed by atoms with Gasteiger partial charge >= 0.3 is 6.09 Å². The maximum absolute atomic E-state index is 12.7. The van der Waals surface area contributed by atoms with Crippen molar-refractivity contribution in [3.05, 3.63) is 65.2 Å². The summed E-state index contributed by atoms with van der Waals surface area (Å²) in [6.45, 7) is 7.79. The average molecular weight is 399 g/mol. The SMILES string of the molecule is CCC(NC(=O)c1ccc(CNC(=O)OC(C)(C)C)cc1)c1ccccc1OC. The lowest BCUT2D eigenvalue weighted by atomic mass is 10.0. The molecule has 6 heteroatoms.